The minimum atomic E-state index is -0.978. The molecule has 0 aromatic carbocycles. The van der Waals surface area contributed by atoms with Crippen molar-refractivity contribution >= 4 is 5.97 Å². The van der Waals surface area contributed by atoms with E-state index in [0.29, 0.717) is 46.2 Å². The summed E-state index contributed by atoms with van der Waals surface area (Å²) in [5, 5.41) is 8.31. The average molecular weight is 294 g/mol. The zero-order valence-corrected chi connectivity index (χ0v) is 12.2. The first-order valence-corrected chi connectivity index (χ1v) is 6.88. The molecule has 0 aromatic heterocycles. The van der Waals surface area contributed by atoms with Crippen LogP contribution in [0.4, 0.5) is 0 Å². The van der Waals surface area contributed by atoms with Crippen LogP contribution in [0.25, 0.3) is 0 Å². The molecule has 0 spiro atoms. The van der Waals surface area contributed by atoms with Gasteiger partial charge >= 0.3 is 5.97 Å². The van der Waals surface area contributed by atoms with Crippen molar-refractivity contribution in [3.05, 3.63) is 0 Å². The topological polar surface area (TPSA) is 83.5 Å². The summed E-state index contributed by atoms with van der Waals surface area (Å²) in [4.78, 5) is 10.1. The number of carboxylic acids is 1. The molecule has 7 heteroatoms. The fourth-order valence-electron chi connectivity index (χ4n) is 1.18. The van der Waals surface area contributed by atoms with Crippen molar-refractivity contribution in [3.63, 3.8) is 0 Å². The molecule has 120 valence electrons. The van der Waals surface area contributed by atoms with Gasteiger partial charge in [0.25, 0.3) is 0 Å². The molecule has 1 N–H and O–H groups in total. The van der Waals surface area contributed by atoms with Crippen molar-refractivity contribution in [1.29, 1.82) is 0 Å². The number of carbonyl (C=O) groups is 1. The van der Waals surface area contributed by atoms with Crippen LogP contribution >= 0.6 is 0 Å². The lowest BCUT2D eigenvalue weighted by molar-refractivity contribution is -0.142. The van der Waals surface area contributed by atoms with E-state index < -0.39 is 5.97 Å². The Labute approximate surface area is 120 Å². The molecule has 0 saturated carbocycles. The highest BCUT2D eigenvalue weighted by atomic mass is 16.6. The standard InChI is InChI=1S/C13H26O7/c1-2-3-16-4-5-17-6-7-18-8-9-19-10-11-20-12-13(14)15/h2-12H2,1H3,(H,14,15). The first-order chi connectivity index (χ1) is 9.77. The molecule has 0 aliphatic carbocycles. The van der Waals surface area contributed by atoms with Gasteiger partial charge in [-0.05, 0) is 6.42 Å². The SMILES string of the molecule is CCCOCCOCCOCCOCCOCC(=O)O. The zero-order valence-electron chi connectivity index (χ0n) is 12.2. The third-order valence-corrected chi connectivity index (χ3v) is 2.06. The van der Waals surface area contributed by atoms with Crippen LogP contribution in [0.5, 0.6) is 0 Å². The normalized spacial score (nSPS) is 10.8. The van der Waals surface area contributed by atoms with Gasteiger partial charge in [0.1, 0.15) is 6.61 Å². The Morgan fingerprint density at radius 3 is 1.40 bits per heavy atom. The predicted octanol–water partition coefficient (Wildman–Crippen LogP) is 0.564. The lowest BCUT2D eigenvalue weighted by Crippen LogP contribution is -2.14. The molecular weight excluding hydrogens is 268 g/mol. The van der Waals surface area contributed by atoms with Gasteiger partial charge in [-0.25, -0.2) is 4.79 Å². The second kappa shape index (κ2) is 16.3. The lowest BCUT2D eigenvalue weighted by atomic mass is 10.5. The Bertz CT molecular complexity index is 211. The number of hydrogen-bond donors (Lipinski definition) is 1. The van der Waals surface area contributed by atoms with Gasteiger partial charge in [-0.3, -0.25) is 0 Å². The first kappa shape index (κ1) is 19.3. The maximum absolute atomic E-state index is 10.1. The molecule has 0 rings (SSSR count). The van der Waals surface area contributed by atoms with Crippen molar-refractivity contribution in [1.82, 2.24) is 0 Å². The lowest BCUT2D eigenvalue weighted by Gasteiger charge is -2.07. The summed E-state index contributed by atoms with van der Waals surface area (Å²) in [5.41, 5.74) is 0. The Morgan fingerprint density at radius 2 is 1.05 bits per heavy atom. The van der Waals surface area contributed by atoms with Gasteiger partial charge in [-0.2, -0.15) is 0 Å². The van der Waals surface area contributed by atoms with Crippen LogP contribution in [0.1, 0.15) is 13.3 Å². The third kappa shape index (κ3) is 17.3. The highest BCUT2D eigenvalue weighted by molar-refractivity contribution is 5.67. The first-order valence-electron chi connectivity index (χ1n) is 6.88. The molecule has 20 heavy (non-hydrogen) atoms. The Balaban J connectivity index is 2.94. The molecular formula is C13H26O7. The summed E-state index contributed by atoms with van der Waals surface area (Å²) in [5.74, 6) is -0.978. The van der Waals surface area contributed by atoms with Crippen LogP contribution in [0.2, 0.25) is 0 Å². The summed E-state index contributed by atoms with van der Waals surface area (Å²) in [7, 11) is 0. The number of ether oxygens (including phenoxy) is 5. The molecule has 0 aliphatic rings. The van der Waals surface area contributed by atoms with Crippen molar-refractivity contribution < 1.29 is 33.6 Å². The summed E-state index contributed by atoms with van der Waals surface area (Å²) < 4.78 is 25.8. The van der Waals surface area contributed by atoms with Crippen molar-refractivity contribution in [3.8, 4) is 0 Å². The summed E-state index contributed by atoms with van der Waals surface area (Å²) >= 11 is 0. The van der Waals surface area contributed by atoms with E-state index in [1.807, 2.05) is 0 Å². The van der Waals surface area contributed by atoms with Crippen molar-refractivity contribution in [2.45, 2.75) is 13.3 Å². The van der Waals surface area contributed by atoms with Crippen LogP contribution in [-0.2, 0) is 28.5 Å². The zero-order chi connectivity index (χ0) is 14.9. The maximum Gasteiger partial charge on any atom is 0.329 e. The number of rotatable bonds is 16. The van der Waals surface area contributed by atoms with Crippen LogP contribution in [0.3, 0.4) is 0 Å². The molecule has 0 aromatic rings. The molecule has 0 unspecified atom stereocenters. The second-order valence-electron chi connectivity index (χ2n) is 3.90. The van der Waals surface area contributed by atoms with E-state index in [1.54, 1.807) is 0 Å². The van der Waals surface area contributed by atoms with E-state index >= 15 is 0 Å². The molecule has 0 heterocycles. The summed E-state index contributed by atoms with van der Waals surface area (Å²) in [6, 6.07) is 0. The van der Waals surface area contributed by atoms with Crippen LogP contribution in [0, 0.1) is 0 Å². The van der Waals surface area contributed by atoms with E-state index in [-0.39, 0.29) is 13.2 Å². The van der Waals surface area contributed by atoms with Gasteiger partial charge in [0.2, 0.25) is 0 Å². The highest BCUT2D eigenvalue weighted by Gasteiger charge is 1.96. The number of hydrogen-bond acceptors (Lipinski definition) is 6. The molecule has 0 fully saturated rings. The second-order valence-corrected chi connectivity index (χ2v) is 3.90. The summed E-state index contributed by atoms with van der Waals surface area (Å²) in [6.45, 7) is 6.37. The minimum absolute atomic E-state index is 0.271. The van der Waals surface area contributed by atoms with Gasteiger partial charge in [0.05, 0.1) is 52.9 Å². The molecule has 0 aliphatic heterocycles. The summed E-state index contributed by atoms with van der Waals surface area (Å²) in [6.07, 6.45) is 1.02. The van der Waals surface area contributed by atoms with E-state index in [2.05, 4.69) is 6.92 Å². The van der Waals surface area contributed by atoms with Crippen molar-refractivity contribution in [2.24, 2.45) is 0 Å². The Morgan fingerprint density at radius 1 is 0.700 bits per heavy atom. The molecule has 7 nitrogen and oxygen atoms in total. The van der Waals surface area contributed by atoms with Gasteiger partial charge in [0.15, 0.2) is 0 Å². The fourth-order valence-corrected chi connectivity index (χ4v) is 1.18. The highest BCUT2D eigenvalue weighted by Crippen LogP contribution is 1.84. The average Bonchev–Trinajstić information content (AvgIpc) is 2.43. The van der Waals surface area contributed by atoms with Crippen LogP contribution in [-0.4, -0.2) is 77.1 Å². The quantitative estimate of drug-likeness (QED) is 0.416. The Kier molecular flexibility index (Phi) is 15.7. The van der Waals surface area contributed by atoms with E-state index in [4.69, 9.17) is 28.8 Å². The third-order valence-electron chi connectivity index (χ3n) is 2.06. The molecule has 0 saturated heterocycles. The molecule has 0 radical (unpaired) electrons. The van der Waals surface area contributed by atoms with Crippen LogP contribution < -0.4 is 0 Å². The van der Waals surface area contributed by atoms with E-state index in [9.17, 15) is 4.79 Å². The van der Waals surface area contributed by atoms with Gasteiger partial charge < -0.3 is 28.8 Å². The largest absolute Gasteiger partial charge is 0.480 e. The van der Waals surface area contributed by atoms with Gasteiger partial charge in [-0.15, -0.1) is 0 Å². The molecule has 0 atom stereocenters. The fraction of sp³-hybridized carbons (Fsp3) is 0.923. The van der Waals surface area contributed by atoms with E-state index in [0.717, 1.165) is 13.0 Å². The Hall–Kier alpha value is -0.730. The van der Waals surface area contributed by atoms with Crippen molar-refractivity contribution in [2.75, 3.05) is 66.1 Å². The van der Waals surface area contributed by atoms with Gasteiger partial charge in [-0.1, -0.05) is 6.92 Å². The predicted molar refractivity (Wildman–Crippen MR) is 72.0 cm³/mol. The number of carboxylic acid groups (broad SMARTS) is 1. The minimum Gasteiger partial charge on any atom is -0.480 e. The molecule has 0 bridgehead atoms. The van der Waals surface area contributed by atoms with Gasteiger partial charge in [0, 0.05) is 6.61 Å². The monoisotopic (exact) mass is 294 g/mol. The van der Waals surface area contributed by atoms with E-state index in [1.165, 1.54) is 0 Å². The van der Waals surface area contributed by atoms with Crippen LogP contribution in [0.15, 0.2) is 0 Å². The smallest absolute Gasteiger partial charge is 0.329 e. The number of aliphatic carboxylic acids is 1. The molecule has 0 amide bonds. The maximum atomic E-state index is 10.1.